The van der Waals surface area contributed by atoms with E-state index in [2.05, 4.69) is 9.88 Å². The van der Waals surface area contributed by atoms with Gasteiger partial charge in [-0.15, -0.1) is 11.3 Å². The summed E-state index contributed by atoms with van der Waals surface area (Å²) in [4.78, 5) is 23.2. The second kappa shape index (κ2) is 8.40. The van der Waals surface area contributed by atoms with Crippen molar-refractivity contribution < 1.29 is 9.53 Å². The SMILES string of the molecule is COc1c(C)cc(C(=O)C2CCCN(Cc3cnc(N(C)C)s3)C2)cc1C. The molecule has 0 bridgehead atoms. The summed E-state index contributed by atoms with van der Waals surface area (Å²) in [6.07, 6.45) is 3.98. The van der Waals surface area contributed by atoms with Crippen LogP contribution in [-0.4, -0.2) is 50.0 Å². The van der Waals surface area contributed by atoms with E-state index in [1.807, 2.05) is 51.2 Å². The first-order valence-electron chi connectivity index (χ1n) is 9.43. The second-order valence-electron chi connectivity index (χ2n) is 7.59. The highest BCUT2D eigenvalue weighted by atomic mass is 32.1. The summed E-state index contributed by atoms with van der Waals surface area (Å²) in [5, 5.41) is 1.03. The van der Waals surface area contributed by atoms with Crippen LogP contribution in [0.2, 0.25) is 0 Å². The summed E-state index contributed by atoms with van der Waals surface area (Å²) in [5.74, 6) is 1.19. The van der Waals surface area contributed by atoms with Crippen molar-refractivity contribution in [2.75, 3.05) is 39.2 Å². The number of carbonyl (C=O) groups is 1. The molecule has 0 amide bonds. The van der Waals surface area contributed by atoms with Crippen molar-refractivity contribution in [1.82, 2.24) is 9.88 Å². The van der Waals surface area contributed by atoms with E-state index in [0.717, 1.165) is 60.0 Å². The fraction of sp³-hybridized carbons (Fsp3) is 0.524. The summed E-state index contributed by atoms with van der Waals surface area (Å²) < 4.78 is 5.43. The number of anilines is 1. The molecule has 1 aromatic heterocycles. The molecule has 1 aliphatic rings. The molecule has 1 unspecified atom stereocenters. The van der Waals surface area contributed by atoms with Crippen molar-refractivity contribution >= 4 is 22.3 Å². The lowest BCUT2D eigenvalue weighted by Gasteiger charge is -2.31. The average molecular weight is 388 g/mol. The molecule has 0 N–H and O–H groups in total. The number of methoxy groups -OCH3 is 1. The summed E-state index contributed by atoms with van der Waals surface area (Å²) in [7, 11) is 5.70. The molecule has 0 radical (unpaired) electrons. The number of aromatic nitrogens is 1. The zero-order valence-electron chi connectivity index (χ0n) is 16.9. The molecule has 0 aliphatic carbocycles. The van der Waals surface area contributed by atoms with E-state index in [9.17, 15) is 4.79 Å². The largest absolute Gasteiger partial charge is 0.496 e. The van der Waals surface area contributed by atoms with Crippen LogP contribution in [0.15, 0.2) is 18.3 Å². The molecule has 0 saturated carbocycles. The predicted octanol–water partition coefficient (Wildman–Crippen LogP) is 3.93. The Balaban J connectivity index is 1.69. The predicted molar refractivity (Wildman–Crippen MR) is 111 cm³/mol. The number of thiazole rings is 1. The van der Waals surface area contributed by atoms with Gasteiger partial charge < -0.3 is 9.64 Å². The number of ether oxygens (including phenoxy) is 1. The molecule has 2 heterocycles. The molecule has 146 valence electrons. The first kappa shape index (κ1) is 19.8. The van der Waals surface area contributed by atoms with E-state index in [1.165, 1.54) is 4.88 Å². The summed E-state index contributed by atoms with van der Waals surface area (Å²) in [5.41, 5.74) is 2.86. The molecule has 1 fully saturated rings. The fourth-order valence-electron chi connectivity index (χ4n) is 3.86. The molecule has 6 heteroatoms. The van der Waals surface area contributed by atoms with Crippen molar-refractivity contribution in [3.8, 4) is 5.75 Å². The molecule has 1 aromatic carbocycles. The monoisotopic (exact) mass is 387 g/mol. The number of carbonyl (C=O) groups excluding carboxylic acids is 1. The Morgan fingerprint density at radius 1 is 1.33 bits per heavy atom. The van der Waals surface area contributed by atoms with E-state index in [-0.39, 0.29) is 11.7 Å². The fourth-order valence-corrected chi connectivity index (χ4v) is 4.74. The molecule has 1 atom stereocenters. The van der Waals surface area contributed by atoms with E-state index < -0.39 is 0 Å². The number of likely N-dealkylation sites (tertiary alicyclic amines) is 1. The number of Topliss-reactive ketones (excluding diaryl/α,β-unsaturated/α-hetero) is 1. The van der Waals surface area contributed by atoms with Crippen molar-refractivity contribution in [3.63, 3.8) is 0 Å². The first-order chi connectivity index (χ1) is 12.9. The van der Waals surface area contributed by atoms with Gasteiger partial charge in [-0.3, -0.25) is 9.69 Å². The molecule has 27 heavy (non-hydrogen) atoms. The highest BCUT2D eigenvalue weighted by Gasteiger charge is 2.27. The van der Waals surface area contributed by atoms with Crippen LogP contribution in [0.5, 0.6) is 5.75 Å². The molecule has 0 spiro atoms. The zero-order valence-corrected chi connectivity index (χ0v) is 17.7. The van der Waals surface area contributed by atoms with E-state index in [1.54, 1.807) is 18.4 Å². The minimum atomic E-state index is 0.0622. The quantitative estimate of drug-likeness (QED) is 0.703. The molecule has 2 aromatic rings. The standard InChI is InChI=1S/C21H29N3O2S/c1-14-9-17(10-15(2)20(14)26-5)19(25)16-7-6-8-24(12-16)13-18-11-22-21(27-18)23(3)4/h9-11,16H,6-8,12-13H2,1-5H3. The van der Waals surface area contributed by atoms with Crippen molar-refractivity contribution in [2.45, 2.75) is 33.2 Å². The minimum Gasteiger partial charge on any atom is -0.496 e. The molecule has 5 nitrogen and oxygen atoms in total. The Bertz CT molecular complexity index is 793. The molecular weight excluding hydrogens is 358 g/mol. The number of piperidine rings is 1. The van der Waals surface area contributed by atoms with Gasteiger partial charge in [0.25, 0.3) is 0 Å². The second-order valence-corrected chi connectivity index (χ2v) is 8.68. The summed E-state index contributed by atoms with van der Waals surface area (Å²) >= 11 is 1.72. The number of hydrogen-bond donors (Lipinski definition) is 0. The van der Waals surface area contributed by atoms with Crippen LogP contribution in [0.25, 0.3) is 0 Å². The highest BCUT2D eigenvalue weighted by molar-refractivity contribution is 7.15. The summed E-state index contributed by atoms with van der Waals surface area (Å²) in [6.45, 7) is 6.73. The van der Waals surface area contributed by atoms with Gasteiger partial charge >= 0.3 is 0 Å². The van der Waals surface area contributed by atoms with E-state index in [4.69, 9.17) is 4.74 Å². The van der Waals surface area contributed by atoms with Crippen LogP contribution in [0, 0.1) is 19.8 Å². The molecule has 1 aliphatic heterocycles. The van der Waals surface area contributed by atoms with Crippen molar-refractivity contribution in [2.24, 2.45) is 5.92 Å². The normalized spacial score (nSPS) is 17.7. The van der Waals surface area contributed by atoms with Gasteiger partial charge in [0.15, 0.2) is 10.9 Å². The maximum atomic E-state index is 13.1. The number of aryl methyl sites for hydroxylation is 2. The first-order valence-corrected chi connectivity index (χ1v) is 10.2. The van der Waals surface area contributed by atoms with Crippen LogP contribution < -0.4 is 9.64 Å². The Morgan fingerprint density at radius 3 is 2.63 bits per heavy atom. The number of benzene rings is 1. The Hall–Kier alpha value is -1.92. The Labute approximate surface area is 166 Å². The van der Waals surface area contributed by atoms with Gasteiger partial charge in [-0.2, -0.15) is 0 Å². The van der Waals surface area contributed by atoms with Crippen LogP contribution in [0.4, 0.5) is 5.13 Å². The topological polar surface area (TPSA) is 45.7 Å². The number of nitrogens with zero attached hydrogens (tertiary/aromatic N) is 3. The van der Waals surface area contributed by atoms with Crippen LogP contribution in [0.3, 0.4) is 0 Å². The van der Waals surface area contributed by atoms with Crippen molar-refractivity contribution in [3.05, 3.63) is 39.9 Å². The molecular formula is C21H29N3O2S. The maximum absolute atomic E-state index is 13.1. The minimum absolute atomic E-state index is 0.0622. The smallest absolute Gasteiger partial charge is 0.185 e. The van der Waals surface area contributed by atoms with Gasteiger partial charge in [-0.05, 0) is 56.5 Å². The van der Waals surface area contributed by atoms with Gasteiger partial charge in [0.05, 0.1) is 7.11 Å². The third kappa shape index (κ3) is 4.50. The van der Waals surface area contributed by atoms with E-state index >= 15 is 0 Å². The Kier molecular flexibility index (Phi) is 6.17. The molecule has 3 rings (SSSR count). The van der Waals surface area contributed by atoms with Gasteiger partial charge in [-0.25, -0.2) is 4.98 Å². The van der Waals surface area contributed by atoms with Gasteiger partial charge in [0.2, 0.25) is 0 Å². The summed E-state index contributed by atoms with van der Waals surface area (Å²) in [6, 6.07) is 3.94. The van der Waals surface area contributed by atoms with Crippen molar-refractivity contribution in [1.29, 1.82) is 0 Å². The Morgan fingerprint density at radius 2 is 2.04 bits per heavy atom. The number of ketones is 1. The van der Waals surface area contributed by atoms with Gasteiger partial charge in [-0.1, -0.05) is 0 Å². The third-order valence-corrected chi connectivity index (χ3v) is 6.28. The zero-order chi connectivity index (χ0) is 19.6. The van der Waals surface area contributed by atoms with E-state index in [0.29, 0.717) is 0 Å². The maximum Gasteiger partial charge on any atom is 0.185 e. The highest BCUT2D eigenvalue weighted by Crippen LogP contribution is 2.29. The lowest BCUT2D eigenvalue weighted by atomic mass is 9.88. The number of rotatable bonds is 6. The van der Waals surface area contributed by atoms with Gasteiger partial charge in [0, 0.05) is 49.7 Å². The lowest BCUT2D eigenvalue weighted by molar-refractivity contribution is 0.0812. The number of hydrogen-bond acceptors (Lipinski definition) is 6. The third-order valence-electron chi connectivity index (χ3n) is 5.13. The molecule has 1 saturated heterocycles. The average Bonchev–Trinajstić information content (AvgIpc) is 3.10. The van der Waals surface area contributed by atoms with Gasteiger partial charge in [0.1, 0.15) is 5.75 Å². The van der Waals surface area contributed by atoms with Crippen LogP contribution in [-0.2, 0) is 6.54 Å². The lowest BCUT2D eigenvalue weighted by Crippen LogP contribution is -2.38. The van der Waals surface area contributed by atoms with Crippen LogP contribution >= 0.6 is 11.3 Å². The van der Waals surface area contributed by atoms with Crippen LogP contribution in [0.1, 0.15) is 39.2 Å².